The normalized spacial score (nSPS) is 17.1. The van der Waals surface area contributed by atoms with Gasteiger partial charge in [-0.25, -0.2) is 8.42 Å². The average molecular weight is 396 g/mol. The molecule has 0 N–H and O–H groups in total. The lowest BCUT2D eigenvalue weighted by Gasteiger charge is -2.33. The molecular weight excluding hydrogens is 377 g/mol. The van der Waals surface area contributed by atoms with Crippen LogP contribution < -0.4 is 4.74 Å². The molecule has 0 saturated carbocycles. The van der Waals surface area contributed by atoms with Gasteiger partial charge in [0.1, 0.15) is 10.6 Å². The highest BCUT2D eigenvalue weighted by molar-refractivity contribution is 7.89. The summed E-state index contributed by atoms with van der Waals surface area (Å²) < 4.78 is 72.7. The van der Waals surface area contributed by atoms with Crippen molar-refractivity contribution >= 4 is 16.0 Å². The summed E-state index contributed by atoms with van der Waals surface area (Å²) in [7, 11) is -4.16. The monoisotopic (exact) mass is 396 g/mol. The van der Waals surface area contributed by atoms with Crippen molar-refractivity contribution in [2.75, 3.05) is 39.3 Å². The molecule has 0 aromatic heterocycles. The molecule has 1 fully saturated rings. The van der Waals surface area contributed by atoms with Crippen molar-refractivity contribution in [1.82, 2.24) is 9.21 Å². The molecule has 1 aliphatic heterocycles. The van der Waals surface area contributed by atoms with Crippen molar-refractivity contribution in [2.24, 2.45) is 0 Å². The van der Waals surface area contributed by atoms with E-state index in [1.54, 1.807) is 11.8 Å². The van der Waals surface area contributed by atoms with Crippen molar-refractivity contribution in [3.63, 3.8) is 0 Å². The maximum absolute atomic E-state index is 12.7. The summed E-state index contributed by atoms with van der Waals surface area (Å²) in [6, 6.07) is 4.61. The quantitative estimate of drug-likeness (QED) is 0.678. The highest BCUT2D eigenvalue weighted by atomic mass is 32.2. The zero-order valence-corrected chi connectivity index (χ0v) is 14.8. The van der Waals surface area contributed by atoms with Gasteiger partial charge in [-0.05, 0) is 19.1 Å². The maximum atomic E-state index is 12.7. The van der Waals surface area contributed by atoms with Gasteiger partial charge in [-0.2, -0.15) is 4.31 Å². The van der Waals surface area contributed by atoms with Crippen LogP contribution in [-0.4, -0.2) is 69.3 Å². The minimum Gasteiger partial charge on any atom is -0.465 e. The lowest BCUT2D eigenvalue weighted by Crippen LogP contribution is -2.50. The van der Waals surface area contributed by atoms with Gasteiger partial charge in [-0.3, -0.25) is 9.69 Å². The molecule has 1 aromatic carbocycles. The maximum Gasteiger partial charge on any atom is 0.573 e. The van der Waals surface area contributed by atoms with Gasteiger partial charge in [0.05, 0.1) is 13.2 Å². The third-order valence-corrected chi connectivity index (χ3v) is 5.62. The minimum atomic E-state index is -5.00. The standard InChI is InChI=1S/C15H19F3N2O5S/c1-2-24-14(21)11-19-7-9-20(10-8-19)26(22,23)13-6-4-3-5-12(13)25-15(16,17)18/h3-6H,2,7-11H2,1H3. The van der Waals surface area contributed by atoms with Crippen LogP contribution in [0.15, 0.2) is 29.2 Å². The molecule has 0 radical (unpaired) electrons. The SMILES string of the molecule is CCOC(=O)CN1CCN(S(=O)(=O)c2ccccc2OC(F)(F)F)CC1. The molecule has 0 unspecified atom stereocenters. The highest BCUT2D eigenvalue weighted by Gasteiger charge is 2.36. The minimum absolute atomic E-state index is 0.0372. The number of sulfonamides is 1. The number of esters is 1. The van der Waals surface area contributed by atoms with E-state index in [1.807, 2.05) is 0 Å². The first-order chi connectivity index (χ1) is 12.1. The van der Waals surface area contributed by atoms with E-state index in [2.05, 4.69) is 4.74 Å². The molecule has 26 heavy (non-hydrogen) atoms. The van der Waals surface area contributed by atoms with Crippen LogP contribution in [0.3, 0.4) is 0 Å². The van der Waals surface area contributed by atoms with Crippen molar-refractivity contribution in [2.45, 2.75) is 18.2 Å². The van der Waals surface area contributed by atoms with Crippen LogP contribution in [0, 0.1) is 0 Å². The average Bonchev–Trinajstić information content (AvgIpc) is 2.54. The molecule has 1 aromatic rings. The number of carbonyl (C=O) groups excluding carboxylic acids is 1. The number of benzene rings is 1. The molecule has 0 atom stereocenters. The largest absolute Gasteiger partial charge is 0.573 e. The zero-order valence-electron chi connectivity index (χ0n) is 14.0. The second-order valence-electron chi connectivity index (χ2n) is 5.48. The molecule has 0 spiro atoms. The van der Waals surface area contributed by atoms with Gasteiger partial charge in [0, 0.05) is 26.2 Å². The van der Waals surface area contributed by atoms with E-state index in [1.165, 1.54) is 12.1 Å². The molecule has 2 rings (SSSR count). The highest BCUT2D eigenvalue weighted by Crippen LogP contribution is 2.31. The van der Waals surface area contributed by atoms with Crippen molar-refractivity contribution in [3.05, 3.63) is 24.3 Å². The van der Waals surface area contributed by atoms with Crippen LogP contribution >= 0.6 is 0 Å². The van der Waals surface area contributed by atoms with E-state index in [4.69, 9.17) is 4.74 Å². The number of hydrogen-bond donors (Lipinski definition) is 0. The van der Waals surface area contributed by atoms with Crippen LogP contribution in [0.25, 0.3) is 0 Å². The number of piperazine rings is 1. The Morgan fingerprint density at radius 1 is 1.15 bits per heavy atom. The van der Waals surface area contributed by atoms with Crippen molar-refractivity contribution in [1.29, 1.82) is 0 Å². The first-order valence-electron chi connectivity index (χ1n) is 7.86. The first kappa shape index (κ1) is 20.5. The summed E-state index contributed by atoms with van der Waals surface area (Å²) in [5, 5.41) is 0. The Morgan fingerprint density at radius 3 is 2.35 bits per heavy atom. The van der Waals surface area contributed by atoms with Crippen molar-refractivity contribution < 1.29 is 35.9 Å². The van der Waals surface area contributed by atoms with Gasteiger partial charge in [0.15, 0.2) is 0 Å². The van der Waals surface area contributed by atoms with E-state index in [0.29, 0.717) is 0 Å². The van der Waals surface area contributed by atoms with E-state index in [9.17, 15) is 26.4 Å². The van der Waals surface area contributed by atoms with Gasteiger partial charge in [-0.15, -0.1) is 13.2 Å². The number of halogens is 3. The molecule has 0 amide bonds. The number of rotatable bonds is 6. The predicted molar refractivity (Wildman–Crippen MR) is 85.0 cm³/mol. The van der Waals surface area contributed by atoms with Gasteiger partial charge < -0.3 is 9.47 Å². The third kappa shape index (κ3) is 5.32. The van der Waals surface area contributed by atoms with Crippen LogP contribution in [0.4, 0.5) is 13.2 Å². The smallest absolute Gasteiger partial charge is 0.465 e. The fourth-order valence-corrected chi connectivity index (χ4v) is 4.07. The van der Waals surface area contributed by atoms with Gasteiger partial charge in [0.2, 0.25) is 10.0 Å². The fraction of sp³-hybridized carbons (Fsp3) is 0.533. The van der Waals surface area contributed by atoms with Crippen LogP contribution in [0.1, 0.15) is 6.92 Å². The number of nitrogens with zero attached hydrogens (tertiary/aromatic N) is 2. The number of para-hydroxylation sites is 1. The molecule has 7 nitrogen and oxygen atoms in total. The second-order valence-corrected chi connectivity index (χ2v) is 7.39. The van der Waals surface area contributed by atoms with Gasteiger partial charge in [0.25, 0.3) is 0 Å². The van der Waals surface area contributed by atoms with E-state index in [-0.39, 0.29) is 39.3 Å². The molecule has 0 aliphatic carbocycles. The Labute approximate surface area is 149 Å². The molecule has 146 valence electrons. The van der Waals surface area contributed by atoms with E-state index >= 15 is 0 Å². The molecule has 1 heterocycles. The first-order valence-corrected chi connectivity index (χ1v) is 9.30. The Balaban J connectivity index is 2.09. The molecule has 0 bridgehead atoms. The lowest BCUT2D eigenvalue weighted by molar-refractivity contribution is -0.275. The lowest BCUT2D eigenvalue weighted by atomic mass is 10.3. The van der Waals surface area contributed by atoms with Crippen molar-refractivity contribution in [3.8, 4) is 5.75 Å². The predicted octanol–water partition coefficient (Wildman–Crippen LogP) is 1.45. The Hall–Kier alpha value is -1.85. The number of carbonyl (C=O) groups is 1. The van der Waals surface area contributed by atoms with Crippen LogP contribution in [0.2, 0.25) is 0 Å². The second kappa shape index (κ2) is 8.23. The molecule has 11 heteroatoms. The summed E-state index contributed by atoms with van der Waals surface area (Å²) in [6.07, 6.45) is -5.00. The Kier molecular flexibility index (Phi) is 6.48. The summed E-state index contributed by atoms with van der Waals surface area (Å²) in [5.74, 6) is -1.18. The van der Waals surface area contributed by atoms with E-state index < -0.39 is 33.0 Å². The number of hydrogen-bond acceptors (Lipinski definition) is 6. The summed E-state index contributed by atoms with van der Waals surface area (Å²) in [4.78, 5) is 12.6. The van der Waals surface area contributed by atoms with Gasteiger partial charge in [-0.1, -0.05) is 12.1 Å². The summed E-state index contributed by atoms with van der Waals surface area (Å²) in [5.41, 5.74) is 0. The zero-order chi connectivity index (χ0) is 19.4. The molecule has 1 saturated heterocycles. The summed E-state index contributed by atoms with van der Waals surface area (Å²) >= 11 is 0. The summed E-state index contributed by atoms with van der Waals surface area (Å²) in [6.45, 7) is 2.59. The Bertz CT molecular complexity index is 731. The molecular formula is C15H19F3N2O5S. The van der Waals surface area contributed by atoms with E-state index in [0.717, 1.165) is 16.4 Å². The topological polar surface area (TPSA) is 76.2 Å². The molecule has 1 aliphatic rings. The van der Waals surface area contributed by atoms with Crippen LogP contribution in [0.5, 0.6) is 5.75 Å². The van der Waals surface area contributed by atoms with Gasteiger partial charge >= 0.3 is 12.3 Å². The number of ether oxygens (including phenoxy) is 2. The third-order valence-electron chi connectivity index (χ3n) is 3.68. The number of alkyl halides is 3. The Morgan fingerprint density at radius 2 is 1.77 bits per heavy atom. The fourth-order valence-electron chi connectivity index (χ4n) is 2.53. The van der Waals surface area contributed by atoms with Crippen LogP contribution in [-0.2, 0) is 19.6 Å².